The minimum absolute atomic E-state index is 0.0479. The van der Waals surface area contributed by atoms with E-state index in [1.807, 2.05) is 18.2 Å². The van der Waals surface area contributed by atoms with Crippen molar-refractivity contribution in [3.63, 3.8) is 0 Å². The van der Waals surface area contributed by atoms with Crippen LogP contribution in [0.3, 0.4) is 0 Å². The summed E-state index contributed by atoms with van der Waals surface area (Å²) in [5.41, 5.74) is 9.25. The van der Waals surface area contributed by atoms with Gasteiger partial charge in [-0.1, -0.05) is 29.5 Å². The Balaban J connectivity index is 1.40. The molecule has 5 N–H and O–H groups in total. The fraction of sp³-hybridized carbons (Fsp3) is 0.273. The number of hydrogen-bond donors (Lipinski definition) is 4. The van der Waals surface area contributed by atoms with Crippen molar-refractivity contribution in [3.8, 4) is 10.4 Å². The molecular weight excluding hydrogens is 441 g/mol. The number of amides is 1. The Morgan fingerprint density at radius 1 is 1.22 bits per heavy atom. The Kier molecular flexibility index (Phi) is 6.18. The van der Waals surface area contributed by atoms with Crippen LogP contribution in [0.15, 0.2) is 42.5 Å². The standard InChI is InChI=1S/C22H21F3N4O2S/c23-22(24,25)15-4-1-12(2-5-15)7-16(26)10-27-21-29-18(11-30)20(32-21)13-3-6-17-14(8-13)9-19(31)28-17/h1-6,8,16,30H,7,9-11,26H2,(H,27,29)(H,28,31). The zero-order valence-corrected chi connectivity index (χ0v) is 17.7. The van der Waals surface area contributed by atoms with E-state index in [1.54, 1.807) is 0 Å². The molecule has 0 fully saturated rings. The lowest BCUT2D eigenvalue weighted by Gasteiger charge is -2.13. The molecule has 168 valence electrons. The Bertz CT molecular complexity index is 1130. The minimum Gasteiger partial charge on any atom is -0.390 e. The lowest BCUT2D eigenvalue weighted by molar-refractivity contribution is -0.137. The second kappa shape index (κ2) is 8.89. The van der Waals surface area contributed by atoms with Gasteiger partial charge in [0, 0.05) is 18.3 Å². The first-order chi connectivity index (χ1) is 15.2. The van der Waals surface area contributed by atoms with Crippen LogP contribution in [0.4, 0.5) is 24.0 Å². The summed E-state index contributed by atoms with van der Waals surface area (Å²) in [6, 6.07) is 10.3. The number of aliphatic hydroxyl groups excluding tert-OH is 1. The van der Waals surface area contributed by atoms with E-state index in [9.17, 15) is 23.1 Å². The molecule has 3 aromatic rings. The quantitative estimate of drug-likeness (QED) is 0.428. The van der Waals surface area contributed by atoms with Crippen LogP contribution in [0.1, 0.15) is 22.4 Å². The Hall–Kier alpha value is -2.95. The van der Waals surface area contributed by atoms with Crippen molar-refractivity contribution < 1.29 is 23.1 Å². The maximum Gasteiger partial charge on any atom is 0.416 e. The first-order valence-corrected chi connectivity index (χ1v) is 10.7. The van der Waals surface area contributed by atoms with Crippen molar-refractivity contribution in [1.29, 1.82) is 0 Å². The number of nitrogens with two attached hydrogens (primary N) is 1. The molecule has 2 aromatic carbocycles. The number of nitrogens with zero attached hydrogens (tertiary/aromatic N) is 1. The summed E-state index contributed by atoms with van der Waals surface area (Å²) in [7, 11) is 0. The van der Waals surface area contributed by atoms with Crippen LogP contribution < -0.4 is 16.4 Å². The number of nitrogens with one attached hydrogen (secondary N) is 2. The van der Waals surface area contributed by atoms with Crippen LogP contribution in [-0.4, -0.2) is 28.6 Å². The Morgan fingerprint density at radius 2 is 1.97 bits per heavy atom. The van der Waals surface area contributed by atoms with Gasteiger partial charge < -0.3 is 21.5 Å². The Morgan fingerprint density at radius 3 is 2.66 bits per heavy atom. The highest BCUT2D eigenvalue weighted by atomic mass is 32.1. The number of thiazole rings is 1. The number of anilines is 2. The predicted molar refractivity (Wildman–Crippen MR) is 117 cm³/mol. The van der Waals surface area contributed by atoms with E-state index in [0.29, 0.717) is 35.8 Å². The number of aliphatic hydroxyl groups is 1. The average molecular weight is 462 g/mol. The number of benzene rings is 2. The highest BCUT2D eigenvalue weighted by Gasteiger charge is 2.30. The van der Waals surface area contributed by atoms with Gasteiger partial charge in [-0.2, -0.15) is 13.2 Å². The fourth-order valence-corrected chi connectivity index (χ4v) is 4.53. The van der Waals surface area contributed by atoms with E-state index < -0.39 is 11.7 Å². The molecule has 0 saturated carbocycles. The second-order valence-corrected chi connectivity index (χ2v) is 8.59. The molecule has 32 heavy (non-hydrogen) atoms. The summed E-state index contributed by atoms with van der Waals surface area (Å²) in [5, 5.41) is 16.3. The smallest absolute Gasteiger partial charge is 0.390 e. The van der Waals surface area contributed by atoms with Crippen molar-refractivity contribution in [2.75, 3.05) is 17.2 Å². The maximum absolute atomic E-state index is 12.7. The molecule has 4 rings (SSSR count). The topological polar surface area (TPSA) is 100 Å². The summed E-state index contributed by atoms with van der Waals surface area (Å²) >= 11 is 1.37. The van der Waals surface area contributed by atoms with Gasteiger partial charge in [0.15, 0.2) is 5.13 Å². The van der Waals surface area contributed by atoms with Crippen LogP contribution in [-0.2, 0) is 30.4 Å². The van der Waals surface area contributed by atoms with E-state index >= 15 is 0 Å². The number of hydrogen-bond acceptors (Lipinski definition) is 6. The van der Waals surface area contributed by atoms with Gasteiger partial charge in [0.25, 0.3) is 0 Å². The van der Waals surface area contributed by atoms with E-state index in [4.69, 9.17) is 5.73 Å². The van der Waals surface area contributed by atoms with Gasteiger partial charge in [-0.3, -0.25) is 4.79 Å². The molecule has 2 heterocycles. The summed E-state index contributed by atoms with van der Waals surface area (Å²) in [6.07, 6.45) is -3.64. The van der Waals surface area contributed by atoms with Crippen LogP contribution >= 0.6 is 11.3 Å². The second-order valence-electron chi connectivity index (χ2n) is 7.59. The summed E-state index contributed by atoms with van der Waals surface area (Å²) in [4.78, 5) is 16.8. The van der Waals surface area contributed by atoms with Gasteiger partial charge in [0.2, 0.25) is 5.91 Å². The van der Waals surface area contributed by atoms with Crippen molar-refractivity contribution in [2.24, 2.45) is 5.73 Å². The zero-order chi connectivity index (χ0) is 22.9. The van der Waals surface area contributed by atoms with Crippen LogP contribution in [0.25, 0.3) is 10.4 Å². The molecule has 10 heteroatoms. The van der Waals surface area contributed by atoms with Crippen molar-refractivity contribution in [2.45, 2.75) is 31.7 Å². The average Bonchev–Trinajstić information content (AvgIpc) is 3.33. The molecule has 6 nitrogen and oxygen atoms in total. The number of fused-ring (bicyclic) bond motifs is 1. The molecule has 1 aliphatic rings. The number of rotatable bonds is 7. The van der Waals surface area contributed by atoms with Crippen LogP contribution in [0, 0.1) is 0 Å². The fourth-order valence-electron chi connectivity index (χ4n) is 3.55. The third kappa shape index (κ3) is 4.93. The lowest BCUT2D eigenvalue weighted by Crippen LogP contribution is -2.31. The first-order valence-electron chi connectivity index (χ1n) is 9.92. The molecule has 1 atom stereocenters. The van der Waals surface area contributed by atoms with E-state index in [-0.39, 0.29) is 18.6 Å². The summed E-state index contributed by atoms with van der Waals surface area (Å²) in [6.45, 7) is 0.126. The maximum atomic E-state index is 12.7. The number of carbonyl (C=O) groups excluding carboxylic acids is 1. The number of aromatic nitrogens is 1. The molecule has 1 aliphatic heterocycles. The third-order valence-electron chi connectivity index (χ3n) is 5.13. The molecule has 0 aliphatic carbocycles. The molecule has 0 spiro atoms. The monoisotopic (exact) mass is 462 g/mol. The van der Waals surface area contributed by atoms with E-state index in [1.165, 1.54) is 23.5 Å². The highest BCUT2D eigenvalue weighted by molar-refractivity contribution is 7.19. The molecular formula is C22H21F3N4O2S. The van der Waals surface area contributed by atoms with Gasteiger partial charge >= 0.3 is 6.18 Å². The molecule has 0 bridgehead atoms. The van der Waals surface area contributed by atoms with E-state index in [0.717, 1.165) is 33.8 Å². The lowest BCUT2D eigenvalue weighted by atomic mass is 10.0. The number of alkyl halides is 3. The zero-order valence-electron chi connectivity index (χ0n) is 16.9. The first kappa shape index (κ1) is 22.3. The molecule has 0 saturated heterocycles. The number of halogens is 3. The van der Waals surface area contributed by atoms with Gasteiger partial charge in [-0.25, -0.2) is 4.98 Å². The van der Waals surface area contributed by atoms with Gasteiger partial charge in [-0.05, 0) is 47.4 Å². The van der Waals surface area contributed by atoms with Gasteiger partial charge in [0.05, 0.1) is 29.2 Å². The van der Waals surface area contributed by atoms with Gasteiger partial charge in [0.1, 0.15) is 0 Å². The number of carbonyl (C=O) groups is 1. The normalized spacial score (nSPS) is 14.2. The highest BCUT2D eigenvalue weighted by Crippen LogP contribution is 2.36. The van der Waals surface area contributed by atoms with E-state index in [2.05, 4.69) is 15.6 Å². The molecule has 1 unspecified atom stereocenters. The van der Waals surface area contributed by atoms with Crippen molar-refractivity contribution >= 4 is 28.1 Å². The van der Waals surface area contributed by atoms with Crippen LogP contribution in [0.5, 0.6) is 0 Å². The molecule has 0 radical (unpaired) electrons. The predicted octanol–water partition coefficient (Wildman–Crippen LogP) is 3.80. The van der Waals surface area contributed by atoms with Crippen LogP contribution in [0.2, 0.25) is 0 Å². The van der Waals surface area contributed by atoms with Gasteiger partial charge in [-0.15, -0.1) is 0 Å². The summed E-state index contributed by atoms with van der Waals surface area (Å²) in [5.74, 6) is -0.0479. The Labute approximate surface area is 186 Å². The molecule has 1 amide bonds. The van der Waals surface area contributed by atoms with Crippen molar-refractivity contribution in [1.82, 2.24) is 4.98 Å². The third-order valence-corrected chi connectivity index (χ3v) is 6.24. The largest absolute Gasteiger partial charge is 0.416 e. The minimum atomic E-state index is -4.36. The summed E-state index contributed by atoms with van der Waals surface area (Å²) < 4.78 is 38.0. The SMILES string of the molecule is NC(CNc1nc(CO)c(-c2ccc3c(c2)CC(=O)N3)s1)Cc1ccc(C(F)(F)F)cc1. The van der Waals surface area contributed by atoms with Crippen molar-refractivity contribution in [3.05, 3.63) is 64.8 Å². The molecule has 1 aromatic heterocycles.